The van der Waals surface area contributed by atoms with Crippen molar-refractivity contribution in [2.75, 3.05) is 6.54 Å². The summed E-state index contributed by atoms with van der Waals surface area (Å²) in [6.07, 6.45) is 1.20. The molecule has 1 amide bonds. The van der Waals surface area contributed by atoms with Gasteiger partial charge < -0.3 is 9.88 Å². The van der Waals surface area contributed by atoms with Crippen LogP contribution < -0.4 is 5.32 Å². The highest BCUT2D eigenvalue weighted by molar-refractivity contribution is 7.10. The van der Waals surface area contributed by atoms with Gasteiger partial charge in [0.05, 0.1) is 17.5 Å². The lowest BCUT2D eigenvalue weighted by Crippen LogP contribution is -2.27. The van der Waals surface area contributed by atoms with Gasteiger partial charge in [-0.3, -0.25) is 4.79 Å². The predicted molar refractivity (Wildman–Crippen MR) is 85.5 cm³/mol. The highest BCUT2D eigenvalue weighted by atomic mass is 32.1. The third-order valence-corrected chi connectivity index (χ3v) is 4.34. The third-order valence-electron chi connectivity index (χ3n) is 3.47. The molecule has 1 aromatic carbocycles. The number of amides is 1. The molecule has 3 rings (SSSR count). The monoisotopic (exact) mass is 299 g/mol. The average molecular weight is 299 g/mol. The van der Waals surface area contributed by atoms with Gasteiger partial charge in [0.2, 0.25) is 5.91 Å². The second-order valence-electron chi connectivity index (χ2n) is 4.93. The lowest BCUT2D eigenvalue weighted by molar-refractivity contribution is -0.120. The number of hydrogen-bond acceptors (Lipinski definition) is 3. The van der Waals surface area contributed by atoms with Crippen LogP contribution in [0.1, 0.15) is 10.7 Å². The largest absolute Gasteiger partial charge is 0.355 e. The molecule has 3 aromatic rings. The smallest absolute Gasteiger partial charge is 0.225 e. The number of nitrogens with one attached hydrogen (secondary N) is 1. The SMILES string of the molecule is Cn1c(CCNC(=O)Cc2cccs2)nc2ccccc21. The van der Waals surface area contributed by atoms with Crippen LogP contribution in [0.25, 0.3) is 11.0 Å². The molecule has 0 unspecified atom stereocenters. The topological polar surface area (TPSA) is 46.9 Å². The molecule has 1 N–H and O–H groups in total. The number of carbonyl (C=O) groups excluding carboxylic acids is 1. The first-order chi connectivity index (χ1) is 10.2. The molecule has 0 spiro atoms. The molecule has 0 aliphatic carbocycles. The number of rotatable bonds is 5. The average Bonchev–Trinajstić information content (AvgIpc) is 3.09. The van der Waals surface area contributed by atoms with Gasteiger partial charge in [-0.15, -0.1) is 11.3 Å². The summed E-state index contributed by atoms with van der Waals surface area (Å²) in [5, 5.41) is 4.94. The van der Waals surface area contributed by atoms with E-state index in [1.165, 1.54) is 0 Å². The second-order valence-corrected chi connectivity index (χ2v) is 5.96. The molecule has 108 valence electrons. The maximum absolute atomic E-state index is 11.8. The van der Waals surface area contributed by atoms with Crippen molar-refractivity contribution in [1.82, 2.24) is 14.9 Å². The Hall–Kier alpha value is -2.14. The molecular formula is C16H17N3OS. The minimum atomic E-state index is 0.0659. The molecule has 0 saturated carbocycles. The minimum Gasteiger partial charge on any atom is -0.355 e. The molecule has 5 heteroatoms. The number of aryl methyl sites for hydroxylation is 1. The van der Waals surface area contributed by atoms with Crippen LogP contribution in [0.15, 0.2) is 41.8 Å². The van der Waals surface area contributed by atoms with E-state index in [2.05, 4.69) is 20.9 Å². The van der Waals surface area contributed by atoms with E-state index in [1.807, 2.05) is 42.8 Å². The Bertz CT molecular complexity index is 746. The number of thiophene rings is 1. The van der Waals surface area contributed by atoms with E-state index < -0.39 is 0 Å². The van der Waals surface area contributed by atoms with E-state index in [9.17, 15) is 4.79 Å². The summed E-state index contributed by atoms with van der Waals surface area (Å²) in [6, 6.07) is 12.0. The highest BCUT2D eigenvalue weighted by Gasteiger charge is 2.08. The maximum atomic E-state index is 11.8. The van der Waals surface area contributed by atoms with Crippen LogP contribution in [0.5, 0.6) is 0 Å². The van der Waals surface area contributed by atoms with Gasteiger partial charge in [0.15, 0.2) is 0 Å². The first-order valence-corrected chi connectivity index (χ1v) is 7.81. The number of para-hydroxylation sites is 2. The van der Waals surface area contributed by atoms with Crippen LogP contribution in [0.4, 0.5) is 0 Å². The van der Waals surface area contributed by atoms with E-state index in [-0.39, 0.29) is 5.91 Å². The lowest BCUT2D eigenvalue weighted by Gasteiger charge is -2.05. The molecule has 0 aliphatic heterocycles. The zero-order chi connectivity index (χ0) is 14.7. The van der Waals surface area contributed by atoms with Crippen LogP contribution in [0, 0.1) is 0 Å². The van der Waals surface area contributed by atoms with Gasteiger partial charge in [-0.25, -0.2) is 4.98 Å². The van der Waals surface area contributed by atoms with E-state index in [0.717, 1.165) is 28.2 Å². The molecule has 0 bridgehead atoms. The summed E-state index contributed by atoms with van der Waals surface area (Å²) in [5.41, 5.74) is 2.12. The van der Waals surface area contributed by atoms with Crippen LogP contribution in [0.2, 0.25) is 0 Å². The van der Waals surface area contributed by atoms with E-state index >= 15 is 0 Å². The van der Waals surface area contributed by atoms with Crippen molar-refractivity contribution in [3.8, 4) is 0 Å². The first-order valence-electron chi connectivity index (χ1n) is 6.93. The summed E-state index contributed by atoms with van der Waals surface area (Å²) in [6.45, 7) is 0.612. The quantitative estimate of drug-likeness (QED) is 0.787. The predicted octanol–water partition coefficient (Wildman–Crippen LogP) is 2.54. The molecule has 0 aliphatic rings. The van der Waals surface area contributed by atoms with E-state index in [1.54, 1.807) is 11.3 Å². The molecular weight excluding hydrogens is 282 g/mol. The van der Waals surface area contributed by atoms with Gasteiger partial charge in [0, 0.05) is 24.9 Å². The number of carbonyl (C=O) groups is 1. The van der Waals surface area contributed by atoms with Crippen molar-refractivity contribution >= 4 is 28.3 Å². The standard InChI is InChI=1S/C16H17N3OS/c1-19-14-7-3-2-6-13(14)18-15(19)8-9-17-16(20)11-12-5-4-10-21-12/h2-7,10H,8-9,11H2,1H3,(H,17,20). The molecule has 2 heterocycles. The minimum absolute atomic E-state index is 0.0659. The van der Waals surface area contributed by atoms with Gasteiger partial charge in [-0.05, 0) is 23.6 Å². The van der Waals surface area contributed by atoms with Gasteiger partial charge in [-0.2, -0.15) is 0 Å². The van der Waals surface area contributed by atoms with Gasteiger partial charge in [0.1, 0.15) is 5.82 Å². The molecule has 21 heavy (non-hydrogen) atoms. The molecule has 2 aromatic heterocycles. The van der Waals surface area contributed by atoms with Gasteiger partial charge in [-0.1, -0.05) is 18.2 Å². The Morgan fingerprint density at radius 2 is 2.14 bits per heavy atom. The fourth-order valence-electron chi connectivity index (χ4n) is 2.37. The van der Waals surface area contributed by atoms with Crippen LogP contribution >= 0.6 is 11.3 Å². The Morgan fingerprint density at radius 1 is 1.29 bits per heavy atom. The zero-order valence-electron chi connectivity index (χ0n) is 11.9. The number of imidazole rings is 1. The van der Waals surface area contributed by atoms with Crippen LogP contribution in [0.3, 0.4) is 0 Å². The molecule has 0 fully saturated rings. The Balaban J connectivity index is 1.57. The fourth-order valence-corrected chi connectivity index (χ4v) is 3.07. The second kappa shape index (κ2) is 6.10. The van der Waals surface area contributed by atoms with E-state index in [0.29, 0.717) is 13.0 Å². The van der Waals surface area contributed by atoms with Crippen molar-refractivity contribution < 1.29 is 4.79 Å². The highest BCUT2D eigenvalue weighted by Crippen LogP contribution is 2.14. The van der Waals surface area contributed by atoms with Gasteiger partial charge in [0.25, 0.3) is 0 Å². The normalized spacial score (nSPS) is 10.9. The fraction of sp³-hybridized carbons (Fsp3) is 0.250. The van der Waals surface area contributed by atoms with Crippen molar-refractivity contribution in [3.63, 3.8) is 0 Å². The number of benzene rings is 1. The van der Waals surface area contributed by atoms with Crippen LogP contribution in [-0.4, -0.2) is 22.0 Å². The molecule has 0 saturated heterocycles. The molecule has 4 nitrogen and oxygen atoms in total. The molecule has 0 atom stereocenters. The number of fused-ring (bicyclic) bond motifs is 1. The third kappa shape index (κ3) is 3.13. The lowest BCUT2D eigenvalue weighted by atomic mass is 10.3. The van der Waals surface area contributed by atoms with Crippen molar-refractivity contribution in [3.05, 3.63) is 52.5 Å². The molecule has 0 radical (unpaired) electrons. The van der Waals surface area contributed by atoms with E-state index in [4.69, 9.17) is 0 Å². The Morgan fingerprint density at radius 3 is 2.90 bits per heavy atom. The Kier molecular flexibility index (Phi) is 4.01. The Labute approximate surface area is 127 Å². The summed E-state index contributed by atoms with van der Waals surface area (Å²) in [5.74, 6) is 1.06. The van der Waals surface area contributed by atoms with Crippen molar-refractivity contribution in [2.45, 2.75) is 12.8 Å². The summed E-state index contributed by atoms with van der Waals surface area (Å²) < 4.78 is 2.08. The first kappa shape index (κ1) is 13.8. The number of aromatic nitrogens is 2. The number of nitrogens with zero attached hydrogens (tertiary/aromatic N) is 2. The summed E-state index contributed by atoms with van der Waals surface area (Å²) >= 11 is 1.61. The van der Waals surface area contributed by atoms with Gasteiger partial charge >= 0.3 is 0 Å². The summed E-state index contributed by atoms with van der Waals surface area (Å²) in [7, 11) is 2.01. The summed E-state index contributed by atoms with van der Waals surface area (Å²) in [4.78, 5) is 17.5. The zero-order valence-corrected chi connectivity index (χ0v) is 12.7. The van der Waals surface area contributed by atoms with Crippen molar-refractivity contribution in [1.29, 1.82) is 0 Å². The maximum Gasteiger partial charge on any atom is 0.225 e. The number of hydrogen-bond donors (Lipinski definition) is 1. The van der Waals surface area contributed by atoms with Crippen LogP contribution in [-0.2, 0) is 24.7 Å². The van der Waals surface area contributed by atoms with Crippen molar-refractivity contribution in [2.24, 2.45) is 7.05 Å².